The fraction of sp³-hybridized carbons (Fsp3) is 0.304. The van der Waals surface area contributed by atoms with Crippen molar-refractivity contribution in [2.24, 2.45) is 0 Å². The predicted octanol–water partition coefficient (Wildman–Crippen LogP) is 3.06. The summed E-state index contributed by atoms with van der Waals surface area (Å²) < 4.78 is 11.3. The number of H-pyrrole nitrogens is 1. The number of hydrogen-bond acceptors (Lipinski definition) is 5. The normalized spacial score (nSPS) is 12.7. The summed E-state index contributed by atoms with van der Waals surface area (Å²) in [5.41, 5.74) is 2.14. The van der Waals surface area contributed by atoms with Crippen LogP contribution in [0.15, 0.2) is 53.3 Å². The molecule has 0 spiro atoms. The van der Waals surface area contributed by atoms with Crippen molar-refractivity contribution in [3.63, 3.8) is 0 Å². The van der Waals surface area contributed by atoms with Gasteiger partial charge in [-0.3, -0.25) is 4.79 Å². The maximum Gasteiger partial charge on any atom is 0.253 e. The number of pyridine rings is 1. The number of thiocarbonyl (C=S) groups is 1. The number of likely N-dealkylation sites (N-methyl/N-ethyl adjacent to an activating group) is 1. The second-order valence-electron chi connectivity index (χ2n) is 7.73. The van der Waals surface area contributed by atoms with Crippen molar-refractivity contribution in [1.29, 1.82) is 0 Å². The second-order valence-corrected chi connectivity index (χ2v) is 8.11. The SMILES string of the molecule is CN(C)CCN(Cc1cc2cc3c(cc2[nH]c1=O)OCCO3)C(=S)Nc1ccccc1. The van der Waals surface area contributed by atoms with E-state index >= 15 is 0 Å². The van der Waals surface area contributed by atoms with E-state index in [9.17, 15) is 4.79 Å². The highest BCUT2D eigenvalue weighted by atomic mass is 32.1. The molecule has 1 aliphatic heterocycles. The van der Waals surface area contributed by atoms with Gasteiger partial charge in [-0.25, -0.2) is 0 Å². The third-order valence-corrected chi connectivity index (χ3v) is 5.43. The number of para-hydroxylation sites is 1. The third-order valence-electron chi connectivity index (χ3n) is 5.07. The summed E-state index contributed by atoms with van der Waals surface area (Å²) in [6, 6.07) is 15.4. The van der Waals surface area contributed by atoms with Gasteiger partial charge in [0.2, 0.25) is 0 Å². The Morgan fingerprint density at radius 1 is 1.06 bits per heavy atom. The van der Waals surface area contributed by atoms with Gasteiger partial charge in [0, 0.05) is 35.8 Å². The van der Waals surface area contributed by atoms with Crippen LogP contribution in [0.3, 0.4) is 0 Å². The van der Waals surface area contributed by atoms with Gasteiger partial charge >= 0.3 is 0 Å². The van der Waals surface area contributed by atoms with Crippen LogP contribution in [0.5, 0.6) is 11.5 Å². The highest BCUT2D eigenvalue weighted by Crippen LogP contribution is 2.33. The van der Waals surface area contributed by atoms with E-state index in [0.717, 1.165) is 23.1 Å². The molecule has 4 rings (SSSR count). The van der Waals surface area contributed by atoms with Crippen molar-refractivity contribution in [3.8, 4) is 11.5 Å². The van der Waals surface area contributed by atoms with Gasteiger partial charge in [-0.1, -0.05) is 18.2 Å². The lowest BCUT2D eigenvalue weighted by atomic mass is 10.1. The van der Waals surface area contributed by atoms with Crippen LogP contribution in [-0.2, 0) is 6.54 Å². The Bertz CT molecular complexity index is 1130. The van der Waals surface area contributed by atoms with Gasteiger partial charge in [-0.15, -0.1) is 0 Å². The monoisotopic (exact) mass is 438 g/mol. The summed E-state index contributed by atoms with van der Waals surface area (Å²) in [6.07, 6.45) is 0. The lowest BCUT2D eigenvalue weighted by molar-refractivity contribution is 0.172. The first kappa shape index (κ1) is 21.1. The first-order chi connectivity index (χ1) is 15.0. The predicted molar refractivity (Wildman–Crippen MR) is 127 cm³/mol. The van der Waals surface area contributed by atoms with Gasteiger partial charge in [0.05, 0.1) is 12.1 Å². The molecule has 1 aromatic heterocycles. The van der Waals surface area contributed by atoms with E-state index in [4.69, 9.17) is 21.7 Å². The maximum absolute atomic E-state index is 12.8. The Morgan fingerprint density at radius 2 is 1.77 bits per heavy atom. The van der Waals surface area contributed by atoms with Gasteiger partial charge in [0.25, 0.3) is 5.56 Å². The van der Waals surface area contributed by atoms with E-state index in [0.29, 0.717) is 48.5 Å². The van der Waals surface area contributed by atoms with Crippen molar-refractivity contribution < 1.29 is 9.47 Å². The average molecular weight is 439 g/mol. The average Bonchev–Trinajstić information content (AvgIpc) is 2.76. The minimum absolute atomic E-state index is 0.137. The molecule has 0 aliphatic carbocycles. The number of benzene rings is 2. The largest absolute Gasteiger partial charge is 0.486 e. The van der Waals surface area contributed by atoms with E-state index in [1.54, 1.807) is 0 Å². The molecule has 162 valence electrons. The number of fused-ring (bicyclic) bond motifs is 2. The van der Waals surface area contributed by atoms with Crippen molar-refractivity contribution in [2.45, 2.75) is 6.54 Å². The molecule has 0 radical (unpaired) electrons. The Morgan fingerprint density at radius 3 is 2.48 bits per heavy atom. The molecule has 2 heterocycles. The van der Waals surface area contributed by atoms with Crippen LogP contribution >= 0.6 is 12.2 Å². The number of ether oxygens (including phenoxy) is 2. The van der Waals surface area contributed by atoms with E-state index in [1.165, 1.54) is 0 Å². The molecule has 2 N–H and O–H groups in total. The Balaban J connectivity index is 1.60. The minimum atomic E-state index is -0.137. The van der Waals surface area contributed by atoms with Gasteiger partial charge in [-0.2, -0.15) is 0 Å². The summed E-state index contributed by atoms with van der Waals surface area (Å²) in [7, 11) is 4.03. The molecule has 8 heteroatoms. The van der Waals surface area contributed by atoms with Gasteiger partial charge in [0.1, 0.15) is 13.2 Å². The van der Waals surface area contributed by atoms with Crippen LogP contribution < -0.4 is 20.3 Å². The summed E-state index contributed by atoms with van der Waals surface area (Å²) >= 11 is 5.68. The van der Waals surface area contributed by atoms with Crippen LogP contribution in [0.1, 0.15) is 5.56 Å². The quantitative estimate of drug-likeness (QED) is 0.573. The fourth-order valence-corrected chi connectivity index (χ4v) is 3.68. The van der Waals surface area contributed by atoms with Gasteiger partial charge < -0.3 is 29.6 Å². The third kappa shape index (κ3) is 5.15. The van der Waals surface area contributed by atoms with Crippen LogP contribution in [0.2, 0.25) is 0 Å². The summed E-state index contributed by atoms with van der Waals surface area (Å²) in [5.74, 6) is 1.35. The Hall–Kier alpha value is -3.10. The Labute approximate surface area is 186 Å². The van der Waals surface area contributed by atoms with E-state index in [1.807, 2.05) is 67.5 Å². The van der Waals surface area contributed by atoms with Crippen molar-refractivity contribution in [3.05, 3.63) is 64.4 Å². The molecular weight excluding hydrogens is 412 g/mol. The number of anilines is 1. The lowest BCUT2D eigenvalue weighted by Gasteiger charge is -2.27. The first-order valence-electron chi connectivity index (χ1n) is 10.2. The van der Waals surface area contributed by atoms with Crippen molar-refractivity contribution in [1.82, 2.24) is 14.8 Å². The smallest absolute Gasteiger partial charge is 0.253 e. The van der Waals surface area contributed by atoms with Crippen molar-refractivity contribution in [2.75, 3.05) is 45.7 Å². The standard InChI is InChI=1S/C23H26N4O3S/c1-26(2)8-9-27(23(31)24-18-6-4-3-5-7-18)15-17-12-16-13-20-21(30-11-10-29-20)14-19(16)25-22(17)28/h3-7,12-14H,8-11,15H2,1-2H3,(H,24,31)(H,25,28). The molecule has 0 saturated heterocycles. The van der Waals surface area contributed by atoms with Gasteiger partial charge in [-0.05, 0) is 50.6 Å². The highest BCUT2D eigenvalue weighted by Gasteiger charge is 2.17. The van der Waals surface area contributed by atoms with Crippen LogP contribution in [0, 0.1) is 0 Å². The molecular formula is C23H26N4O3S. The van der Waals surface area contributed by atoms with Gasteiger partial charge in [0.15, 0.2) is 16.6 Å². The summed E-state index contributed by atoms with van der Waals surface area (Å²) in [6.45, 7) is 2.91. The topological polar surface area (TPSA) is 69.8 Å². The molecule has 0 unspecified atom stereocenters. The zero-order valence-electron chi connectivity index (χ0n) is 17.7. The first-order valence-corrected chi connectivity index (χ1v) is 10.6. The zero-order valence-corrected chi connectivity index (χ0v) is 18.5. The molecule has 0 saturated carbocycles. The minimum Gasteiger partial charge on any atom is -0.486 e. The van der Waals surface area contributed by atoms with E-state index in [2.05, 4.69) is 15.2 Å². The van der Waals surface area contributed by atoms with Crippen LogP contribution in [-0.4, -0.2) is 60.3 Å². The van der Waals surface area contributed by atoms with E-state index in [-0.39, 0.29) is 5.56 Å². The number of aromatic amines is 1. The molecule has 2 aromatic carbocycles. The Kier molecular flexibility index (Phi) is 6.39. The van der Waals surface area contributed by atoms with E-state index < -0.39 is 0 Å². The number of nitrogens with one attached hydrogen (secondary N) is 2. The second kappa shape index (κ2) is 9.36. The highest BCUT2D eigenvalue weighted by molar-refractivity contribution is 7.80. The summed E-state index contributed by atoms with van der Waals surface area (Å²) in [4.78, 5) is 19.9. The number of hydrogen-bond donors (Lipinski definition) is 2. The summed E-state index contributed by atoms with van der Waals surface area (Å²) in [5, 5.41) is 4.75. The molecule has 0 amide bonds. The molecule has 31 heavy (non-hydrogen) atoms. The number of nitrogens with zero attached hydrogens (tertiary/aromatic N) is 2. The zero-order chi connectivity index (χ0) is 21.8. The molecule has 3 aromatic rings. The molecule has 0 atom stereocenters. The molecule has 7 nitrogen and oxygen atoms in total. The maximum atomic E-state index is 12.8. The van der Waals surface area contributed by atoms with Crippen LogP contribution in [0.25, 0.3) is 10.9 Å². The molecule has 0 fully saturated rings. The number of rotatable bonds is 6. The van der Waals surface area contributed by atoms with Crippen molar-refractivity contribution >= 4 is 33.9 Å². The van der Waals surface area contributed by atoms with Crippen LogP contribution in [0.4, 0.5) is 5.69 Å². The lowest BCUT2D eigenvalue weighted by Crippen LogP contribution is -2.40. The fourth-order valence-electron chi connectivity index (χ4n) is 3.41. The molecule has 1 aliphatic rings. The number of aromatic nitrogens is 1. The molecule has 0 bridgehead atoms.